The molecule has 1 aromatic rings. The van der Waals surface area contributed by atoms with Gasteiger partial charge in [-0.1, -0.05) is 12.1 Å². The number of hydrogen-bond acceptors (Lipinski definition) is 5. The second-order valence-corrected chi connectivity index (χ2v) is 6.38. The first-order valence-corrected chi connectivity index (χ1v) is 8.92. The van der Waals surface area contributed by atoms with Crippen LogP contribution in [0.5, 0.6) is 5.75 Å². The Labute approximate surface area is 143 Å². The van der Waals surface area contributed by atoms with Gasteiger partial charge < -0.3 is 9.47 Å². The molecule has 0 unspecified atom stereocenters. The number of carbonyl (C=O) groups is 1. The molecule has 1 saturated heterocycles. The van der Waals surface area contributed by atoms with E-state index in [2.05, 4.69) is 22.0 Å². The Bertz CT molecular complexity index is 575. The highest BCUT2D eigenvalue weighted by atomic mass is 16.5. The van der Waals surface area contributed by atoms with Gasteiger partial charge in [-0.15, -0.1) is 0 Å². The molecule has 0 amide bonds. The van der Waals surface area contributed by atoms with Crippen molar-refractivity contribution in [3.8, 4) is 5.75 Å². The molecule has 0 spiro atoms. The van der Waals surface area contributed by atoms with E-state index in [0.29, 0.717) is 19.1 Å². The van der Waals surface area contributed by atoms with Crippen molar-refractivity contribution in [2.45, 2.75) is 32.7 Å². The number of ether oxygens (including phenoxy) is 2. The van der Waals surface area contributed by atoms with E-state index in [1.807, 2.05) is 19.1 Å². The van der Waals surface area contributed by atoms with Crippen molar-refractivity contribution >= 4 is 11.7 Å². The minimum Gasteiger partial charge on any atom is -0.494 e. The minimum atomic E-state index is 0.0680. The van der Waals surface area contributed by atoms with Gasteiger partial charge in [0.1, 0.15) is 5.75 Å². The van der Waals surface area contributed by atoms with E-state index in [1.54, 1.807) is 0 Å². The minimum absolute atomic E-state index is 0.0680. The van der Waals surface area contributed by atoms with Crippen LogP contribution in [0.15, 0.2) is 29.3 Å². The zero-order chi connectivity index (χ0) is 16.8. The van der Waals surface area contributed by atoms with Gasteiger partial charge in [0, 0.05) is 25.4 Å². The molecule has 0 saturated carbocycles. The maximum atomic E-state index is 12.4. The van der Waals surface area contributed by atoms with E-state index in [9.17, 15) is 4.79 Å². The second-order valence-electron chi connectivity index (χ2n) is 6.38. The Morgan fingerprint density at radius 3 is 2.67 bits per heavy atom. The lowest BCUT2D eigenvalue weighted by atomic mass is 9.92. The molecule has 0 aliphatic carbocycles. The number of Topliss-reactive ketones (excluding diaryl/α,β-unsaturated/α-hetero) is 1. The molecule has 0 atom stereocenters. The molecule has 24 heavy (non-hydrogen) atoms. The molecule has 0 bridgehead atoms. The highest BCUT2D eigenvalue weighted by molar-refractivity contribution is 6.37. The van der Waals surface area contributed by atoms with Gasteiger partial charge in [0.25, 0.3) is 5.90 Å². The van der Waals surface area contributed by atoms with Crippen LogP contribution >= 0.6 is 0 Å². The van der Waals surface area contributed by atoms with Crippen molar-refractivity contribution in [2.75, 3.05) is 32.8 Å². The van der Waals surface area contributed by atoms with Gasteiger partial charge in [-0.2, -0.15) is 0 Å². The Kier molecular flexibility index (Phi) is 5.86. The second kappa shape index (κ2) is 8.29. The molecule has 5 heteroatoms. The quantitative estimate of drug-likeness (QED) is 0.805. The zero-order valence-electron chi connectivity index (χ0n) is 14.4. The van der Waals surface area contributed by atoms with Gasteiger partial charge in [0.2, 0.25) is 5.78 Å². The van der Waals surface area contributed by atoms with Gasteiger partial charge in [-0.05, 0) is 50.6 Å². The molecule has 1 fully saturated rings. The van der Waals surface area contributed by atoms with Crippen LogP contribution in [0.2, 0.25) is 0 Å². The fourth-order valence-electron chi connectivity index (χ4n) is 3.25. The highest BCUT2D eigenvalue weighted by Gasteiger charge is 2.29. The molecule has 2 aliphatic rings. The normalized spacial score (nSPS) is 19.5. The number of aliphatic imine (C=N–C) groups is 1. The van der Waals surface area contributed by atoms with Gasteiger partial charge in [-0.25, -0.2) is 4.99 Å². The first-order valence-electron chi connectivity index (χ1n) is 8.92. The van der Waals surface area contributed by atoms with Crippen molar-refractivity contribution in [1.82, 2.24) is 4.90 Å². The smallest absolute Gasteiger partial charge is 0.253 e. The highest BCUT2D eigenvalue weighted by Crippen LogP contribution is 2.22. The molecular formula is C19H26N2O3. The van der Waals surface area contributed by atoms with E-state index < -0.39 is 0 Å². The summed E-state index contributed by atoms with van der Waals surface area (Å²) in [4.78, 5) is 19.1. The van der Waals surface area contributed by atoms with Crippen LogP contribution in [0.3, 0.4) is 0 Å². The van der Waals surface area contributed by atoms with Gasteiger partial charge in [-0.3, -0.25) is 9.69 Å². The van der Waals surface area contributed by atoms with E-state index in [0.717, 1.165) is 51.2 Å². The van der Waals surface area contributed by atoms with Crippen LogP contribution in [-0.2, 0) is 16.1 Å². The van der Waals surface area contributed by atoms with Crippen LogP contribution in [0, 0.1) is 5.92 Å². The average molecular weight is 330 g/mol. The largest absolute Gasteiger partial charge is 0.494 e. The monoisotopic (exact) mass is 330 g/mol. The Balaban J connectivity index is 1.48. The van der Waals surface area contributed by atoms with Gasteiger partial charge >= 0.3 is 0 Å². The van der Waals surface area contributed by atoms with Crippen molar-refractivity contribution in [3.63, 3.8) is 0 Å². The maximum Gasteiger partial charge on any atom is 0.253 e. The molecule has 5 nitrogen and oxygen atoms in total. The predicted octanol–water partition coefficient (Wildman–Crippen LogP) is 2.69. The third-order valence-corrected chi connectivity index (χ3v) is 4.61. The SMILES string of the molecule is CCOc1ccc(CN2CCC(C(=O)C3=NCCCO3)CC2)cc1. The fraction of sp³-hybridized carbons (Fsp3) is 0.579. The molecule has 2 aliphatic heterocycles. The number of ketones is 1. The third kappa shape index (κ3) is 4.35. The van der Waals surface area contributed by atoms with E-state index in [4.69, 9.17) is 9.47 Å². The molecule has 130 valence electrons. The summed E-state index contributed by atoms with van der Waals surface area (Å²) in [6.45, 7) is 6.83. The summed E-state index contributed by atoms with van der Waals surface area (Å²) in [7, 11) is 0. The topological polar surface area (TPSA) is 51.1 Å². The van der Waals surface area contributed by atoms with Crippen molar-refractivity contribution in [2.24, 2.45) is 10.9 Å². The summed E-state index contributed by atoms with van der Waals surface area (Å²) in [5, 5.41) is 0. The third-order valence-electron chi connectivity index (χ3n) is 4.61. The molecule has 3 rings (SSSR count). The number of benzene rings is 1. The van der Waals surface area contributed by atoms with Crippen molar-refractivity contribution in [3.05, 3.63) is 29.8 Å². The number of rotatable bonds is 6. The summed E-state index contributed by atoms with van der Waals surface area (Å²) >= 11 is 0. The number of hydrogen-bond donors (Lipinski definition) is 0. The summed E-state index contributed by atoms with van der Waals surface area (Å²) in [6.07, 6.45) is 2.69. The van der Waals surface area contributed by atoms with Gasteiger partial charge in [0.05, 0.1) is 13.2 Å². The van der Waals surface area contributed by atoms with Crippen molar-refractivity contribution < 1.29 is 14.3 Å². The van der Waals surface area contributed by atoms with Crippen molar-refractivity contribution in [1.29, 1.82) is 0 Å². The summed E-state index contributed by atoms with van der Waals surface area (Å²) in [6, 6.07) is 8.28. The number of carbonyl (C=O) groups excluding carboxylic acids is 1. The molecular weight excluding hydrogens is 304 g/mol. The number of nitrogens with zero attached hydrogens (tertiary/aromatic N) is 2. The molecule has 0 aromatic heterocycles. The summed E-state index contributed by atoms with van der Waals surface area (Å²) in [5.74, 6) is 1.46. The number of likely N-dealkylation sites (tertiary alicyclic amines) is 1. The molecule has 2 heterocycles. The standard InChI is InChI=1S/C19H26N2O3/c1-2-23-17-6-4-15(5-7-17)14-21-11-8-16(9-12-21)18(22)19-20-10-3-13-24-19/h4-7,16H,2-3,8-14H2,1H3. The lowest BCUT2D eigenvalue weighted by Gasteiger charge is -2.31. The Hall–Kier alpha value is -1.88. The molecule has 0 radical (unpaired) electrons. The first kappa shape index (κ1) is 17.0. The lowest BCUT2D eigenvalue weighted by molar-refractivity contribution is -0.119. The Morgan fingerprint density at radius 2 is 2.04 bits per heavy atom. The van der Waals surface area contributed by atoms with Crippen LogP contribution in [-0.4, -0.2) is 49.4 Å². The molecule has 0 N–H and O–H groups in total. The first-order chi connectivity index (χ1) is 11.8. The lowest BCUT2D eigenvalue weighted by Crippen LogP contribution is -2.39. The number of piperidine rings is 1. The van der Waals surface area contributed by atoms with Crippen LogP contribution in [0.4, 0.5) is 0 Å². The summed E-state index contributed by atoms with van der Waals surface area (Å²) in [5.41, 5.74) is 1.28. The Morgan fingerprint density at radius 1 is 1.29 bits per heavy atom. The van der Waals surface area contributed by atoms with E-state index in [-0.39, 0.29) is 11.7 Å². The van der Waals surface area contributed by atoms with E-state index >= 15 is 0 Å². The van der Waals surface area contributed by atoms with E-state index in [1.165, 1.54) is 5.56 Å². The van der Waals surface area contributed by atoms with Crippen LogP contribution in [0.1, 0.15) is 31.7 Å². The average Bonchev–Trinajstić information content (AvgIpc) is 2.64. The van der Waals surface area contributed by atoms with Crippen LogP contribution in [0.25, 0.3) is 0 Å². The maximum absolute atomic E-state index is 12.4. The predicted molar refractivity (Wildman–Crippen MR) is 93.5 cm³/mol. The summed E-state index contributed by atoms with van der Waals surface area (Å²) < 4.78 is 10.9. The fourth-order valence-corrected chi connectivity index (χ4v) is 3.25. The molecule has 1 aromatic carbocycles. The van der Waals surface area contributed by atoms with Gasteiger partial charge in [0.15, 0.2) is 0 Å². The zero-order valence-corrected chi connectivity index (χ0v) is 14.4. The van der Waals surface area contributed by atoms with Crippen LogP contribution < -0.4 is 4.74 Å².